The first kappa shape index (κ1) is 15.3. The topological polar surface area (TPSA) is 72.5 Å². The number of ether oxygens (including phenoxy) is 1. The molecule has 0 aliphatic heterocycles. The Morgan fingerprint density at radius 2 is 2.11 bits per heavy atom. The Balaban J connectivity index is 3.11. The van der Waals surface area contributed by atoms with Crippen molar-refractivity contribution in [2.24, 2.45) is 5.73 Å². The van der Waals surface area contributed by atoms with Gasteiger partial charge in [-0.05, 0) is 18.6 Å². The summed E-state index contributed by atoms with van der Waals surface area (Å²) in [5.74, 6) is -2.25. The number of hydrogen-bond acceptors (Lipinski definition) is 3. The summed E-state index contributed by atoms with van der Waals surface area (Å²) in [6, 6.07) is 0.829. The molecule has 0 amide bonds. The molecule has 0 aromatic heterocycles. The molecule has 19 heavy (non-hydrogen) atoms. The Labute approximate surface area is 108 Å². The summed E-state index contributed by atoms with van der Waals surface area (Å²) in [5.41, 5.74) is 5.23. The van der Waals surface area contributed by atoms with E-state index in [1.165, 1.54) is 7.11 Å². The summed E-state index contributed by atoms with van der Waals surface area (Å²) < 4.78 is 43.6. The van der Waals surface area contributed by atoms with Crippen molar-refractivity contribution in [2.45, 2.75) is 25.3 Å². The predicted octanol–water partition coefficient (Wildman–Crippen LogP) is 2.64. The van der Waals surface area contributed by atoms with Gasteiger partial charge in [-0.1, -0.05) is 0 Å². The van der Waals surface area contributed by atoms with Crippen LogP contribution < -0.4 is 10.5 Å². The summed E-state index contributed by atoms with van der Waals surface area (Å²) in [6.45, 7) is 0. The molecule has 0 spiro atoms. The van der Waals surface area contributed by atoms with Gasteiger partial charge in [-0.25, -0.2) is 13.2 Å². The maximum Gasteiger partial charge on any atom is 0.303 e. The Bertz CT molecular complexity index is 466. The van der Waals surface area contributed by atoms with Gasteiger partial charge >= 0.3 is 5.97 Å². The summed E-state index contributed by atoms with van der Waals surface area (Å²) in [7, 11) is 1.19. The SMILES string of the molecule is COc1c(F)cc(C(F)F)cc1C(N)CCC(=O)O. The van der Waals surface area contributed by atoms with Crippen molar-refractivity contribution in [3.63, 3.8) is 0 Å². The number of carbonyl (C=O) groups is 1. The zero-order valence-electron chi connectivity index (χ0n) is 10.2. The van der Waals surface area contributed by atoms with E-state index in [0.717, 1.165) is 6.07 Å². The maximum atomic E-state index is 13.6. The number of hydrogen-bond donors (Lipinski definition) is 2. The molecule has 1 rings (SSSR count). The number of methoxy groups -OCH3 is 1. The van der Waals surface area contributed by atoms with Crippen molar-refractivity contribution in [1.82, 2.24) is 0 Å². The van der Waals surface area contributed by atoms with Crippen molar-refractivity contribution < 1.29 is 27.8 Å². The highest BCUT2D eigenvalue weighted by atomic mass is 19.3. The second-order valence-corrected chi connectivity index (χ2v) is 3.96. The van der Waals surface area contributed by atoms with Gasteiger partial charge in [0.25, 0.3) is 6.43 Å². The number of nitrogens with two attached hydrogens (primary N) is 1. The number of halogens is 3. The molecule has 0 heterocycles. The predicted molar refractivity (Wildman–Crippen MR) is 61.7 cm³/mol. The number of rotatable bonds is 6. The minimum Gasteiger partial charge on any atom is -0.493 e. The lowest BCUT2D eigenvalue weighted by Crippen LogP contribution is -2.14. The molecule has 1 atom stereocenters. The monoisotopic (exact) mass is 277 g/mol. The Hall–Kier alpha value is -1.76. The van der Waals surface area contributed by atoms with Crippen molar-refractivity contribution in [1.29, 1.82) is 0 Å². The van der Waals surface area contributed by atoms with Crippen LogP contribution in [0, 0.1) is 5.82 Å². The average molecular weight is 277 g/mol. The van der Waals surface area contributed by atoms with Crippen LogP contribution in [0.2, 0.25) is 0 Å². The van der Waals surface area contributed by atoms with Crippen LogP contribution in [0.25, 0.3) is 0 Å². The van der Waals surface area contributed by atoms with Gasteiger partial charge in [0.05, 0.1) is 7.11 Å². The second-order valence-electron chi connectivity index (χ2n) is 3.96. The van der Waals surface area contributed by atoms with E-state index in [9.17, 15) is 18.0 Å². The lowest BCUT2D eigenvalue weighted by molar-refractivity contribution is -0.137. The normalized spacial score (nSPS) is 12.5. The molecule has 0 aliphatic carbocycles. The highest BCUT2D eigenvalue weighted by Crippen LogP contribution is 2.33. The molecule has 106 valence electrons. The van der Waals surface area contributed by atoms with Crippen LogP contribution in [0.3, 0.4) is 0 Å². The van der Waals surface area contributed by atoms with E-state index in [2.05, 4.69) is 0 Å². The third kappa shape index (κ3) is 3.85. The van der Waals surface area contributed by atoms with Gasteiger partial charge < -0.3 is 15.6 Å². The highest BCUT2D eigenvalue weighted by molar-refractivity contribution is 5.66. The zero-order valence-corrected chi connectivity index (χ0v) is 10.2. The second kappa shape index (κ2) is 6.42. The van der Waals surface area contributed by atoms with Crippen LogP contribution >= 0.6 is 0 Å². The zero-order chi connectivity index (χ0) is 14.6. The smallest absolute Gasteiger partial charge is 0.303 e. The standard InChI is InChI=1S/C12H14F3NO3/c1-19-11-7(9(16)2-3-10(17)18)4-6(12(14)15)5-8(11)13/h4-5,9,12H,2-3,16H2,1H3,(H,17,18). The molecule has 7 heteroatoms. The molecule has 1 unspecified atom stereocenters. The first-order valence-corrected chi connectivity index (χ1v) is 5.49. The molecule has 0 saturated heterocycles. The van der Waals surface area contributed by atoms with Crippen LogP contribution in [0.15, 0.2) is 12.1 Å². The van der Waals surface area contributed by atoms with Gasteiger partial charge in [0.2, 0.25) is 0 Å². The molecule has 1 aromatic rings. The third-order valence-corrected chi connectivity index (χ3v) is 2.62. The van der Waals surface area contributed by atoms with Gasteiger partial charge in [0.15, 0.2) is 11.6 Å². The van der Waals surface area contributed by atoms with E-state index in [1.807, 2.05) is 0 Å². The van der Waals surface area contributed by atoms with Crippen molar-refractivity contribution >= 4 is 5.97 Å². The molecule has 3 N–H and O–H groups in total. The van der Waals surface area contributed by atoms with E-state index >= 15 is 0 Å². The minimum atomic E-state index is -2.84. The van der Waals surface area contributed by atoms with Gasteiger partial charge in [-0.2, -0.15) is 0 Å². The van der Waals surface area contributed by atoms with E-state index in [-0.39, 0.29) is 24.2 Å². The molecular formula is C12H14F3NO3. The lowest BCUT2D eigenvalue weighted by atomic mass is 9.99. The van der Waals surface area contributed by atoms with Crippen LogP contribution in [0.5, 0.6) is 5.75 Å². The van der Waals surface area contributed by atoms with Gasteiger partial charge in [0, 0.05) is 23.6 Å². The van der Waals surface area contributed by atoms with E-state index in [1.54, 1.807) is 0 Å². The summed E-state index contributed by atoms with van der Waals surface area (Å²) >= 11 is 0. The first-order valence-electron chi connectivity index (χ1n) is 5.49. The summed E-state index contributed by atoms with van der Waals surface area (Å²) in [4.78, 5) is 10.5. The fraction of sp³-hybridized carbons (Fsp3) is 0.417. The molecule has 0 bridgehead atoms. The van der Waals surface area contributed by atoms with Crippen molar-refractivity contribution in [3.05, 3.63) is 29.1 Å². The van der Waals surface area contributed by atoms with Gasteiger partial charge in [-0.15, -0.1) is 0 Å². The average Bonchev–Trinajstić information content (AvgIpc) is 2.34. The molecular weight excluding hydrogens is 263 g/mol. The molecule has 0 fully saturated rings. The minimum absolute atomic E-state index is 0.00216. The molecule has 0 aliphatic rings. The third-order valence-electron chi connectivity index (χ3n) is 2.62. The van der Waals surface area contributed by atoms with Crippen LogP contribution in [-0.2, 0) is 4.79 Å². The van der Waals surface area contributed by atoms with Crippen LogP contribution in [0.1, 0.15) is 36.4 Å². The quantitative estimate of drug-likeness (QED) is 0.838. The number of benzene rings is 1. The Morgan fingerprint density at radius 1 is 1.47 bits per heavy atom. The number of carboxylic acid groups (broad SMARTS) is 1. The number of aliphatic carboxylic acids is 1. The fourth-order valence-electron chi connectivity index (χ4n) is 1.69. The van der Waals surface area contributed by atoms with E-state index < -0.39 is 29.8 Å². The molecule has 1 aromatic carbocycles. The van der Waals surface area contributed by atoms with Gasteiger partial charge in [-0.3, -0.25) is 4.79 Å². The molecule has 0 saturated carbocycles. The van der Waals surface area contributed by atoms with Crippen LogP contribution in [-0.4, -0.2) is 18.2 Å². The Kier molecular flexibility index (Phi) is 5.17. The van der Waals surface area contributed by atoms with Crippen molar-refractivity contribution in [2.75, 3.05) is 7.11 Å². The summed E-state index contributed by atoms with van der Waals surface area (Å²) in [6.07, 6.45) is -3.09. The number of alkyl halides is 2. The van der Waals surface area contributed by atoms with E-state index in [0.29, 0.717) is 6.07 Å². The van der Waals surface area contributed by atoms with Crippen molar-refractivity contribution in [3.8, 4) is 5.75 Å². The molecule has 0 radical (unpaired) electrons. The fourth-order valence-corrected chi connectivity index (χ4v) is 1.69. The van der Waals surface area contributed by atoms with Crippen LogP contribution in [0.4, 0.5) is 13.2 Å². The highest BCUT2D eigenvalue weighted by Gasteiger charge is 2.21. The van der Waals surface area contributed by atoms with E-state index in [4.69, 9.17) is 15.6 Å². The van der Waals surface area contributed by atoms with Gasteiger partial charge in [0.1, 0.15) is 0 Å². The largest absolute Gasteiger partial charge is 0.493 e. The lowest BCUT2D eigenvalue weighted by Gasteiger charge is -2.17. The first-order chi connectivity index (χ1) is 8.86. The molecule has 4 nitrogen and oxygen atoms in total. The number of carboxylic acids is 1. The maximum absolute atomic E-state index is 13.6. The summed E-state index contributed by atoms with van der Waals surface area (Å²) in [5, 5.41) is 8.55. The Morgan fingerprint density at radius 3 is 2.58 bits per heavy atom.